The third kappa shape index (κ3) is 1.54. The Kier molecular flexibility index (Phi) is 1.54. The van der Waals surface area contributed by atoms with Crippen LogP contribution >= 0.6 is 23.4 Å². The quantitative estimate of drug-likeness (QED) is 0.461. The minimum atomic E-state index is 0.0833. The van der Waals surface area contributed by atoms with Gasteiger partial charge in [0.15, 0.2) is 0 Å². The molecule has 0 saturated carbocycles. The highest BCUT2D eigenvalue weighted by molar-refractivity contribution is 8.02. The number of hydrogen-bond acceptors (Lipinski definition) is 1. The van der Waals surface area contributed by atoms with Gasteiger partial charge in [-0.05, 0) is 25.5 Å². The summed E-state index contributed by atoms with van der Waals surface area (Å²) in [4.78, 5) is 0. The molecule has 1 saturated heterocycles. The van der Waals surface area contributed by atoms with Crippen molar-refractivity contribution in [3.8, 4) is 0 Å². The van der Waals surface area contributed by atoms with Gasteiger partial charge in [-0.1, -0.05) is 0 Å². The number of alkyl halides is 1. The van der Waals surface area contributed by atoms with Crippen LogP contribution in [0.3, 0.4) is 0 Å². The molecule has 0 aliphatic carbocycles. The Morgan fingerprint density at radius 1 is 1.71 bits per heavy atom. The first-order valence-electron chi connectivity index (χ1n) is 2.54. The minimum absolute atomic E-state index is 0.0833. The fourth-order valence-corrected chi connectivity index (χ4v) is 2.11. The summed E-state index contributed by atoms with van der Waals surface area (Å²) in [7, 11) is 0. The Bertz CT molecular complexity index is 62.5. The highest BCUT2D eigenvalue weighted by atomic mass is 35.5. The maximum Gasteiger partial charge on any atom is 0.0868 e. The van der Waals surface area contributed by atoms with Crippen molar-refractivity contribution < 1.29 is 0 Å². The summed E-state index contributed by atoms with van der Waals surface area (Å²) in [5.41, 5.74) is 0. The van der Waals surface area contributed by atoms with Crippen LogP contribution in [0, 0.1) is 0 Å². The molecule has 1 heterocycles. The number of halogens is 1. The zero-order valence-corrected chi connectivity index (χ0v) is 5.98. The summed E-state index contributed by atoms with van der Waals surface area (Å²) in [5, 5.41) is 0. The summed E-state index contributed by atoms with van der Waals surface area (Å²) in [6.07, 6.45) is 2.48. The Morgan fingerprint density at radius 3 is 2.57 bits per heavy atom. The standard InChI is InChI=1S/C5H9ClS/c1-5(6)3-2-4-7-5/h2-4H2,1H3. The van der Waals surface area contributed by atoms with Gasteiger partial charge in [0.1, 0.15) is 0 Å². The van der Waals surface area contributed by atoms with Crippen LogP contribution in [0.4, 0.5) is 0 Å². The van der Waals surface area contributed by atoms with Crippen LogP contribution < -0.4 is 0 Å². The van der Waals surface area contributed by atoms with E-state index in [2.05, 4.69) is 6.92 Å². The fraction of sp³-hybridized carbons (Fsp3) is 1.00. The first-order valence-corrected chi connectivity index (χ1v) is 3.90. The van der Waals surface area contributed by atoms with Gasteiger partial charge in [0.05, 0.1) is 4.21 Å². The monoisotopic (exact) mass is 136 g/mol. The van der Waals surface area contributed by atoms with Gasteiger partial charge in [-0.15, -0.1) is 23.4 Å². The molecule has 1 atom stereocenters. The fourth-order valence-electron chi connectivity index (χ4n) is 0.745. The van der Waals surface area contributed by atoms with Crippen molar-refractivity contribution >= 4 is 23.4 Å². The molecule has 1 unspecified atom stereocenters. The minimum Gasteiger partial charge on any atom is -0.139 e. The van der Waals surface area contributed by atoms with E-state index in [1.807, 2.05) is 11.8 Å². The summed E-state index contributed by atoms with van der Waals surface area (Å²) in [5.74, 6) is 1.25. The van der Waals surface area contributed by atoms with Gasteiger partial charge < -0.3 is 0 Å². The Hall–Kier alpha value is 0.640. The second-order valence-corrected chi connectivity index (χ2v) is 4.71. The molecule has 0 nitrogen and oxygen atoms in total. The SMILES string of the molecule is CC1(Cl)CCCS1. The van der Waals surface area contributed by atoms with Crippen LogP contribution in [-0.4, -0.2) is 9.96 Å². The maximum absolute atomic E-state index is 5.93. The molecule has 42 valence electrons. The molecule has 0 spiro atoms. The van der Waals surface area contributed by atoms with E-state index in [9.17, 15) is 0 Å². The third-order valence-corrected chi connectivity index (χ3v) is 2.99. The van der Waals surface area contributed by atoms with Gasteiger partial charge in [0.2, 0.25) is 0 Å². The second-order valence-electron chi connectivity index (χ2n) is 2.05. The molecule has 2 heteroatoms. The molecule has 0 amide bonds. The van der Waals surface area contributed by atoms with Crippen molar-refractivity contribution in [2.75, 3.05) is 5.75 Å². The van der Waals surface area contributed by atoms with E-state index in [-0.39, 0.29) is 4.21 Å². The lowest BCUT2D eigenvalue weighted by Crippen LogP contribution is -2.01. The molecule has 0 aromatic heterocycles. The molecule has 0 radical (unpaired) electrons. The van der Waals surface area contributed by atoms with Crippen molar-refractivity contribution in [1.29, 1.82) is 0 Å². The first kappa shape index (κ1) is 5.77. The summed E-state index contributed by atoms with van der Waals surface area (Å²) in [6, 6.07) is 0. The van der Waals surface area contributed by atoms with Gasteiger partial charge in [-0.25, -0.2) is 0 Å². The molecule has 1 aliphatic rings. The van der Waals surface area contributed by atoms with Gasteiger partial charge in [-0.2, -0.15) is 0 Å². The number of rotatable bonds is 0. The zero-order valence-electron chi connectivity index (χ0n) is 4.41. The predicted molar refractivity (Wildman–Crippen MR) is 36.0 cm³/mol. The van der Waals surface area contributed by atoms with Crippen molar-refractivity contribution in [3.05, 3.63) is 0 Å². The Balaban J connectivity index is 2.40. The lowest BCUT2D eigenvalue weighted by atomic mass is 10.3. The average Bonchev–Trinajstić information content (AvgIpc) is 1.84. The molecule has 0 bridgehead atoms. The molecule has 1 rings (SSSR count). The Labute approximate surface area is 53.6 Å². The van der Waals surface area contributed by atoms with E-state index in [0.717, 1.165) is 0 Å². The van der Waals surface area contributed by atoms with E-state index in [4.69, 9.17) is 11.6 Å². The van der Waals surface area contributed by atoms with E-state index in [0.29, 0.717) is 0 Å². The third-order valence-electron chi connectivity index (χ3n) is 1.17. The molecule has 0 N–H and O–H groups in total. The van der Waals surface area contributed by atoms with E-state index in [1.165, 1.54) is 18.6 Å². The largest absolute Gasteiger partial charge is 0.139 e. The normalized spacial score (nSPS) is 42.0. The lowest BCUT2D eigenvalue weighted by Gasteiger charge is -2.09. The number of thioether (sulfide) groups is 1. The second kappa shape index (κ2) is 1.87. The molecule has 1 fully saturated rings. The molecule has 0 aromatic rings. The first-order chi connectivity index (χ1) is 3.21. The van der Waals surface area contributed by atoms with Gasteiger partial charge in [-0.3, -0.25) is 0 Å². The van der Waals surface area contributed by atoms with E-state index in [1.54, 1.807) is 0 Å². The van der Waals surface area contributed by atoms with Crippen LogP contribution in [0.25, 0.3) is 0 Å². The maximum atomic E-state index is 5.93. The Morgan fingerprint density at radius 2 is 2.43 bits per heavy atom. The van der Waals surface area contributed by atoms with Crippen LogP contribution in [0.2, 0.25) is 0 Å². The van der Waals surface area contributed by atoms with Crippen LogP contribution in [0.15, 0.2) is 0 Å². The molecular formula is C5H9ClS. The van der Waals surface area contributed by atoms with Crippen molar-refractivity contribution in [2.45, 2.75) is 24.0 Å². The average molecular weight is 137 g/mol. The van der Waals surface area contributed by atoms with E-state index < -0.39 is 0 Å². The van der Waals surface area contributed by atoms with E-state index >= 15 is 0 Å². The summed E-state index contributed by atoms with van der Waals surface area (Å²) in [6.45, 7) is 2.09. The van der Waals surface area contributed by atoms with Crippen LogP contribution in [-0.2, 0) is 0 Å². The smallest absolute Gasteiger partial charge is 0.0868 e. The molecule has 0 aromatic carbocycles. The van der Waals surface area contributed by atoms with Gasteiger partial charge in [0, 0.05) is 0 Å². The lowest BCUT2D eigenvalue weighted by molar-refractivity contribution is 0.785. The molecular weight excluding hydrogens is 128 g/mol. The van der Waals surface area contributed by atoms with Crippen LogP contribution in [0.1, 0.15) is 19.8 Å². The zero-order chi connectivity index (χ0) is 5.33. The van der Waals surface area contributed by atoms with Gasteiger partial charge in [0.25, 0.3) is 0 Å². The van der Waals surface area contributed by atoms with Crippen molar-refractivity contribution in [2.24, 2.45) is 0 Å². The summed E-state index contributed by atoms with van der Waals surface area (Å²) < 4.78 is 0.0833. The predicted octanol–water partition coefficient (Wildman–Crippen LogP) is 2.47. The highest BCUT2D eigenvalue weighted by Crippen LogP contribution is 2.40. The number of hydrogen-bond donors (Lipinski definition) is 0. The summed E-state index contributed by atoms with van der Waals surface area (Å²) >= 11 is 7.80. The van der Waals surface area contributed by atoms with Gasteiger partial charge >= 0.3 is 0 Å². The highest BCUT2D eigenvalue weighted by Gasteiger charge is 2.25. The topological polar surface area (TPSA) is 0 Å². The van der Waals surface area contributed by atoms with Crippen molar-refractivity contribution in [3.63, 3.8) is 0 Å². The van der Waals surface area contributed by atoms with Crippen molar-refractivity contribution in [1.82, 2.24) is 0 Å². The molecule has 7 heavy (non-hydrogen) atoms. The van der Waals surface area contributed by atoms with Crippen LogP contribution in [0.5, 0.6) is 0 Å². The molecule has 1 aliphatic heterocycles.